The van der Waals surface area contributed by atoms with Crippen LogP contribution in [-0.4, -0.2) is 82.4 Å². The van der Waals surface area contributed by atoms with E-state index in [1.807, 2.05) is 14.2 Å². The highest BCUT2D eigenvalue weighted by Crippen LogP contribution is 2.56. The van der Waals surface area contributed by atoms with Crippen molar-refractivity contribution in [3.05, 3.63) is 70.8 Å². The monoisotopic (exact) mass is 814 g/mol. The molecular formula is C44H66BN8O6. The maximum Gasteiger partial charge on any atom is 0.491 e. The van der Waals surface area contributed by atoms with Gasteiger partial charge in [-0.1, -0.05) is 48.5 Å². The van der Waals surface area contributed by atoms with Crippen LogP contribution in [0.1, 0.15) is 125 Å². The quantitative estimate of drug-likeness (QED) is 0.0330. The predicted octanol–water partition coefficient (Wildman–Crippen LogP) is 4.01. The van der Waals surface area contributed by atoms with Gasteiger partial charge in [-0.2, -0.15) is 0 Å². The second-order valence-corrected chi connectivity index (χ2v) is 17.5. The third-order valence-corrected chi connectivity index (χ3v) is 14.0. The van der Waals surface area contributed by atoms with Gasteiger partial charge in [-0.15, -0.1) is 0 Å². The number of hydrogen-bond acceptors (Lipinski definition) is 8. The summed E-state index contributed by atoms with van der Waals surface area (Å²) in [4.78, 5) is 34.8. The number of hydrogen-bond donors (Lipinski definition) is 6. The first-order valence-corrected chi connectivity index (χ1v) is 21.5. The summed E-state index contributed by atoms with van der Waals surface area (Å²) in [6, 6.07) is 17.0. The van der Waals surface area contributed by atoms with Gasteiger partial charge in [0.15, 0.2) is 11.9 Å². The molecule has 6 aliphatic rings. The summed E-state index contributed by atoms with van der Waals surface area (Å²) in [5.41, 5.74) is 27.1. The maximum atomic E-state index is 13.3. The minimum absolute atomic E-state index is 0.00426. The first-order chi connectivity index (χ1) is 28.4. The molecule has 6 saturated carbocycles. The first-order valence-electron chi connectivity index (χ1n) is 21.5. The largest absolute Gasteiger partial charge is 0.491 e. The lowest BCUT2D eigenvalue weighted by Gasteiger charge is -2.53. The Balaban J connectivity index is 1.02. The third-order valence-electron chi connectivity index (χ3n) is 14.0. The van der Waals surface area contributed by atoms with Crippen molar-refractivity contribution in [2.75, 3.05) is 27.3 Å². The van der Waals surface area contributed by atoms with E-state index >= 15 is 0 Å². The number of guanidine groups is 2. The Kier molecular flexibility index (Phi) is 15.0. The molecule has 2 aromatic carbocycles. The van der Waals surface area contributed by atoms with Gasteiger partial charge in [0.1, 0.15) is 12.5 Å². The fourth-order valence-electron chi connectivity index (χ4n) is 10.0. The fourth-order valence-corrected chi connectivity index (χ4v) is 10.0. The van der Waals surface area contributed by atoms with Crippen LogP contribution in [0.4, 0.5) is 0 Å². The standard InChI is InChI=1S/C44H66BN8O6/c1-56-43-21-15-41(16-22-43,17-23-43)33-11-7-31(8-12-33)29-35(54)52-37(5-3-27-50-39(46)47)58-45-59-38(6-4-28-51-40(48)49)53-36(55)30-32-9-13-34(14-10-32)42-18-24-44(57-2,25-19-42)26-20-42/h7-14,37-38H,3-6,15-30H2,1-2H3,(H,52,54)(H,53,55)(H4,46,47,50)(H4,48,49,51). The molecule has 15 heteroatoms. The van der Waals surface area contributed by atoms with Crippen molar-refractivity contribution in [2.45, 2.75) is 150 Å². The molecule has 2 atom stereocenters. The van der Waals surface area contributed by atoms with E-state index in [9.17, 15) is 9.59 Å². The molecule has 8 rings (SSSR count). The Labute approximate surface area is 350 Å². The Hall–Kier alpha value is -4.18. The van der Waals surface area contributed by atoms with Crippen LogP contribution in [0.2, 0.25) is 0 Å². The topological polar surface area (TPSA) is 224 Å². The number of aliphatic imine (C=N–C) groups is 2. The summed E-state index contributed by atoms with van der Waals surface area (Å²) in [6.07, 6.45) is 14.2. The molecule has 2 aromatic rings. The Bertz CT molecular complexity index is 1590. The van der Waals surface area contributed by atoms with Gasteiger partial charge in [-0.3, -0.25) is 19.6 Å². The lowest BCUT2D eigenvalue weighted by Crippen LogP contribution is -2.49. The van der Waals surface area contributed by atoms with Crippen molar-refractivity contribution < 1.29 is 28.4 Å². The molecule has 0 saturated heterocycles. The van der Waals surface area contributed by atoms with Gasteiger partial charge in [0.05, 0.1) is 24.0 Å². The van der Waals surface area contributed by atoms with Crippen LogP contribution in [0, 0.1) is 0 Å². The van der Waals surface area contributed by atoms with Crippen molar-refractivity contribution in [2.24, 2.45) is 32.9 Å². The van der Waals surface area contributed by atoms with Crippen LogP contribution in [0.15, 0.2) is 58.5 Å². The van der Waals surface area contributed by atoms with Crippen LogP contribution in [-0.2, 0) is 52.0 Å². The highest BCUT2D eigenvalue weighted by molar-refractivity contribution is 6.18. The van der Waals surface area contributed by atoms with E-state index in [2.05, 4.69) is 69.1 Å². The van der Waals surface area contributed by atoms with Crippen molar-refractivity contribution in [3.8, 4) is 0 Å². The smallest absolute Gasteiger partial charge is 0.393 e. The average Bonchev–Trinajstić information content (AvgIpc) is 3.25. The number of amides is 2. The molecule has 10 N–H and O–H groups in total. The Morgan fingerprint density at radius 3 is 1.24 bits per heavy atom. The highest BCUT2D eigenvalue weighted by atomic mass is 16.6. The lowest BCUT2D eigenvalue weighted by molar-refractivity contribution is -0.123. The third kappa shape index (κ3) is 11.6. The number of nitrogens with one attached hydrogen (secondary N) is 2. The molecule has 0 spiro atoms. The van der Waals surface area contributed by atoms with Crippen molar-refractivity contribution in [3.63, 3.8) is 0 Å². The second-order valence-electron chi connectivity index (χ2n) is 17.5. The van der Waals surface area contributed by atoms with Crippen LogP contribution in [0.3, 0.4) is 0 Å². The minimum atomic E-state index is -0.726. The van der Waals surface area contributed by atoms with E-state index in [0.29, 0.717) is 38.8 Å². The first kappa shape index (κ1) is 44.4. The molecule has 2 amide bonds. The van der Waals surface area contributed by atoms with Crippen LogP contribution >= 0.6 is 0 Å². The molecule has 6 fully saturated rings. The number of nitrogens with zero attached hydrogens (tertiary/aromatic N) is 2. The zero-order chi connectivity index (χ0) is 41.9. The van der Waals surface area contributed by atoms with E-state index in [0.717, 1.165) is 88.2 Å². The molecule has 14 nitrogen and oxygen atoms in total. The van der Waals surface area contributed by atoms with Gasteiger partial charge in [0.25, 0.3) is 0 Å². The SMILES string of the molecule is COC12CCC(c3ccc(CC(=O)NC(CCCN=C(N)N)O[B]OC(CCCN=C(N)N)NC(=O)Cc4ccc(C56CCC(OC)(CC5)CC6)cc4)cc3)(CC1)CC2. The van der Waals surface area contributed by atoms with Gasteiger partial charge in [-0.25, -0.2) is 0 Å². The predicted molar refractivity (Wildman–Crippen MR) is 230 cm³/mol. The van der Waals surface area contributed by atoms with E-state index in [1.54, 1.807) is 0 Å². The molecule has 0 aliphatic heterocycles. The second kappa shape index (κ2) is 19.9. The molecule has 4 bridgehead atoms. The van der Waals surface area contributed by atoms with Crippen LogP contribution in [0.25, 0.3) is 0 Å². The number of benzene rings is 2. The maximum absolute atomic E-state index is 13.3. The summed E-state index contributed by atoms with van der Waals surface area (Å²) in [5, 5.41) is 5.97. The molecule has 2 unspecified atom stereocenters. The van der Waals surface area contributed by atoms with Crippen molar-refractivity contribution >= 4 is 31.4 Å². The highest BCUT2D eigenvalue weighted by Gasteiger charge is 2.50. The summed E-state index contributed by atoms with van der Waals surface area (Å²) >= 11 is 0. The number of fused-ring (bicyclic) bond motifs is 6. The molecule has 6 aliphatic carbocycles. The van der Waals surface area contributed by atoms with Gasteiger partial charge >= 0.3 is 7.69 Å². The summed E-state index contributed by atoms with van der Waals surface area (Å²) in [6.45, 7) is 0.737. The average molecular weight is 814 g/mol. The number of carbonyl (C=O) groups is 2. The Morgan fingerprint density at radius 1 is 0.593 bits per heavy atom. The molecule has 1 radical (unpaired) electrons. The number of rotatable bonds is 22. The molecule has 59 heavy (non-hydrogen) atoms. The van der Waals surface area contributed by atoms with E-state index in [1.165, 1.54) is 18.8 Å². The zero-order valence-corrected chi connectivity index (χ0v) is 35.1. The normalized spacial score (nSPS) is 26.7. The van der Waals surface area contributed by atoms with E-state index < -0.39 is 12.5 Å². The molecule has 321 valence electrons. The number of carbonyl (C=O) groups excluding carboxylic acids is 2. The lowest BCUT2D eigenvalue weighted by atomic mass is 9.56. The molecular weight excluding hydrogens is 747 g/mol. The van der Waals surface area contributed by atoms with Gasteiger partial charge in [0, 0.05) is 27.3 Å². The van der Waals surface area contributed by atoms with Gasteiger partial charge in [-0.05, 0) is 136 Å². The zero-order valence-electron chi connectivity index (χ0n) is 35.1. The van der Waals surface area contributed by atoms with Crippen molar-refractivity contribution in [1.29, 1.82) is 0 Å². The molecule has 0 heterocycles. The summed E-state index contributed by atoms with van der Waals surface area (Å²) in [7, 11) is 4.87. The van der Waals surface area contributed by atoms with E-state index in [4.69, 9.17) is 41.7 Å². The number of ether oxygens (including phenoxy) is 2. The van der Waals surface area contributed by atoms with Crippen LogP contribution < -0.4 is 33.6 Å². The Morgan fingerprint density at radius 2 is 0.932 bits per heavy atom. The van der Waals surface area contributed by atoms with Crippen molar-refractivity contribution in [1.82, 2.24) is 10.6 Å². The van der Waals surface area contributed by atoms with E-state index in [-0.39, 0.29) is 58.6 Å². The number of methoxy groups -OCH3 is 2. The van der Waals surface area contributed by atoms with Crippen LogP contribution in [0.5, 0.6) is 0 Å². The summed E-state index contributed by atoms with van der Waals surface area (Å²) < 4.78 is 23.7. The fraction of sp³-hybridized carbons (Fsp3) is 0.636. The van der Waals surface area contributed by atoms with Gasteiger partial charge < -0.3 is 52.4 Å². The van der Waals surface area contributed by atoms with Gasteiger partial charge in [0.2, 0.25) is 11.8 Å². The number of nitrogens with two attached hydrogens (primary N) is 4. The summed E-state index contributed by atoms with van der Waals surface area (Å²) in [5.74, 6) is -0.399. The molecule has 0 aromatic heterocycles. The minimum Gasteiger partial charge on any atom is -0.393 e.